The molecule has 1 fully saturated rings. The Kier molecular flexibility index (Phi) is 6.58. The highest BCUT2D eigenvalue weighted by Crippen LogP contribution is 2.27. The number of nitrogen functional groups attached to an aromatic ring is 1. The summed E-state index contributed by atoms with van der Waals surface area (Å²) < 4.78 is 13.0. The zero-order chi connectivity index (χ0) is 23.4. The Balaban J connectivity index is 1.35. The highest BCUT2D eigenvalue weighted by Gasteiger charge is 2.27. The molecular formula is C24H25FN6O2. The first-order valence-electron chi connectivity index (χ1n) is 10.8. The predicted octanol–water partition coefficient (Wildman–Crippen LogP) is 2.85. The molecule has 1 aliphatic heterocycles. The zero-order valence-corrected chi connectivity index (χ0v) is 18.3. The molecule has 0 spiro atoms. The average molecular weight is 449 g/mol. The first-order chi connectivity index (χ1) is 15.9. The number of likely N-dealkylation sites (tertiary alicyclic amines) is 1. The number of carbonyl (C=O) groups is 2. The van der Waals surface area contributed by atoms with E-state index in [9.17, 15) is 14.0 Å². The summed E-state index contributed by atoms with van der Waals surface area (Å²) >= 11 is 0. The number of nitrogens with zero attached hydrogens (tertiary/aromatic N) is 4. The van der Waals surface area contributed by atoms with Crippen LogP contribution in [0.15, 0.2) is 48.8 Å². The average Bonchev–Trinajstić information content (AvgIpc) is 2.83. The van der Waals surface area contributed by atoms with Gasteiger partial charge in [-0.2, -0.15) is 0 Å². The van der Waals surface area contributed by atoms with E-state index in [0.717, 1.165) is 18.4 Å². The van der Waals surface area contributed by atoms with Gasteiger partial charge in [0.25, 0.3) is 11.8 Å². The van der Waals surface area contributed by atoms with Gasteiger partial charge in [-0.25, -0.2) is 19.3 Å². The number of hydrogen-bond acceptors (Lipinski definition) is 6. The van der Waals surface area contributed by atoms with Gasteiger partial charge in [-0.15, -0.1) is 0 Å². The van der Waals surface area contributed by atoms with E-state index in [2.05, 4.69) is 20.3 Å². The van der Waals surface area contributed by atoms with Crippen LogP contribution in [0.25, 0.3) is 0 Å². The standard InChI is InChI=1S/C24H25FN6O2/c1-15-20(23(32)29-13-16-4-6-18(25)7-5-16)14-28-22(30-15)17-8-11-31(12-9-17)24(33)19-3-2-10-27-21(19)26/h2-7,10,14,17H,8-9,11-13H2,1H3,(H2,26,27)(H,29,32). The fourth-order valence-electron chi connectivity index (χ4n) is 3.89. The van der Waals surface area contributed by atoms with Gasteiger partial charge in [-0.05, 0) is 49.6 Å². The number of rotatable bonds is 5. The number of nitrogens with one attached hydrogen (secondary N) is 1. The second-order valence-electron chi connectivity index (χ2n) is 8.04. The Morgan fingerprint density at radius 1 is 1.12 bits per heavy atom. The molecule has 1 aromatic carbocycles. The number of nitrogens with two attached hydrogens (primary N) is 1. The quantitative estimate of drug-likeness (QED) is 0.620. The van der Waals surface area contributed by atoms with E-state index in [1.807, 2.05) is 0 Å². The summed E-state index contributed by atoms with van der Waals surface area (Å²) in [6.07, 6.45) is 4.55. The molecule has 170 valence electrons. The lowest BCUT2D eigenvalue weighted by molar-refractivity contribution is 0.0711. The van der Waals surface area contributed by atoms with Crippen molar-refractivity contribution < 1.29 is 14.0 Å². The molecule has 1 aliphatic rings. The van der Waals surface area contributed by atoms with Crippen molar-refractivity contribution in [2.45, 2.75) is 32.2 Å². The number of halogens is 1. The van der Waals surface area contributed by atoms with Crippen molar-refractivity contribution in [1.29, 1.82) is 0 Å². The van der Waals surface area contributed by atoms with Crippen LogP contribution in [0.1, 0.15) is 56.6 Å². The molecule has 0 atom stereocenters. The number of benzene rings is 1. The molecule has 0 radical (unpaired) electrons. The summed E-state index contributed by atoms with van der Waals surface area (Å²) in [5, 5.41) is 2.81. The first kappa shape index (κ1) is 22.3. The minimum atomic E-state index is -0.318. The largest absolute Gasteiger partial charge is 0.383 e. The van der Waals surface area contributed by atoms with Crippen LogP contribution in [-0.4, -0.2) is 44.8 Å². The van der Waals surface area contributed by atoms with Gasteiger partial charge in [0.1, 0.15) is 17.5 Å². The summed E-state index contributed by atoms with van der Waals surface area (Å²) in [5.41, 5.74) is 8.05. The topological polar surface area (TPSA) is 114 Å². The summed E-state index contributed by atoms with van der Waals surface area (Å²) in [6.45, 7) is 3.20. The molecule has 9 heteroatoms. The van der Waals surface area contributed by atoms with Crippen LogP contribution < -0.4 is 11.1 Å². The lowest BCUT2D eigenvalue weighted by atomic mass is 9.95. The number of carbonyl (C=O) groups excluding carboxylic acids is 2. The smallest absolute Gasteiger partial charge is 0.257 e. The normalized spacial score (nSPS) is 14.2. The van der Waals surface area contributed by atoms with E-state index in [4.69, 9.17) is 5.73 Å². The Hall–Kier alpha value is -3.88. The van der Waals surface area contributed by atoms with Gasteiger partial charge < -0.3 is 16.0 Å². The number of pyridine rings is 1. The number of piperidine rings is 1. The van der Waals surface area contributed by atoms with Crippen molar-refractivity contribution in [2.24, 2.45) is 0 Å². The number of amides is 2. The molecule has 0 aliphatic carbocycles. The molecule has 0 bridgehead atoms. The third-order valence-corrected chi connectivity index (χ3v) is 5.83. The molecule has 33 heavy (non-hydrogen) atoms. The molecule has 2 aromatic heterocycles. The van der Waals surface area contributed by atoms with Crippen LogP contribution in [-0.2, 0) is 6.54 Å². The molecule has 3 aromatic rings. The van der Waals surface area contributed by atoms with Gasteiger partial charge in [0.05, 0.1) is 16.8 Å². The molecule has 1 saturated heterocycles. The van der Waals surface area contributed by atoms with E-state index in [-0.39, 0.29) is 35.9 Å². The molecule has 0 saturated carbocycles. The SMILES string of the molecule is Cc1nc(C2CCN(C(=O)c3cccnc3N)CC2)ncc1C(=O)NCc1ccc(F)cc1. The molecule has 3 heterocycles. The molecule has 0 unspecified atom stereocenters. The second kappa shape index (κ2) is 9.72. The summed E-state index contributed by atoms with van der Waals surface area (Å²) in [4.78, 5) is 40.0. The van der Waals surface area contributed by atoms with Gasteiger partial charge in [0.15, 0.2) is 0 Å². The van der Waals surface area contributed by atoms with Crippen LogP contribution in [0.5, 0.6) is 0 Å². The first-order valence-corrected chi connectivity index (χ1v) is 10.8. The summed E-state index contributed by atoms with van der Waals surface area (Å²) in [7, 11) is 0. The van der Waals surface area contributed by atoms with Gasteiger partial charge in [0, 0.05) is 37.9 Å². The maximum Gasteiger partial charge on any atom is 0.257 e. The number of anilines is 1. The van der Waals surface area contributed by atoms with Crippen molar-refractivity contribution in [3.8, 4) is 0 Å². The minimum Gasteiger partial charge on any atom is -0.383 e. The lowest BCUT2D eigenvalue weighted by Gasteiger charge is -2.31. The molecular weight excluding hydrogens is 423 g/mol. The van der Waals surface area contributed by atoms with E-state index in [1.165, 1.54) is 12.1 Å². The Morgan fingerprint density at radius 3 is 2.52 bits per heavy atom. The van der Waals surface area contributed by atoms with E-state index >= 15 is 0 Å². The fourth-order valence-corrected chi connectivity index (χ4v) is 3.89. The lowest BCUT2D eigenvalue weighted by Crippen LogP contribution is -2.38. The number of hydrogen-bond donors (Lipinski definition) is 2. The highest BCUT2D eigenvalue weighted by atomic mass is 19.1. The van der Waals surface area contributed by atoms with Crippen molar-refractivity contribution in [1.82, 2.24) is 25.2 Å². The summed E-state index contributed by atoms with van der Waals surface area (Å²) in [6, 6.07) is 9.35. The third-order valence-electron chi connectivity index (χ3n) is 5.83. The van der Waals surface area contributed by atoms with E-state index in [0.29, 0.717) is 35.7 Å². The third kappa shape index (κ3) is 5.14. The maximum absolute atomic E-state index is 13.0. The predicted molar refractivity (Wildman–Crippen MR) is 121 cm³/mol. The Bertz CT molecular complexity index is 1160. The number of aromatic nitrogens is 3. The molecule has 3 N–H and O–H groups in total. The maximum atomic E-state index is 13.0. The highest BCUT2D eigenvalue weighted by molar-refractivity contribution is 5.98. The zero-order valence-electron chi connectivity index (χ0n) is 18.3. The molecule has 8 nitrogen and oxygen atoms in total. The van der Waals surface area contributed by atoms with Crippen molar-refractivity contribution in [2.75, 3.05) is 18.8 Å². The van der Waals surface area contributed by atoms with Crippen molar-refractivity contribution in [3.63, 3.8) is 0 Å². The second-order valence-corrected chi connectivity index (χ2v) is 8.04. The fraction of sp³-hybridized carbons (Fsp3) is 0.292. The molecule has 2 amide bonds. The summed E-state index contributed by atoms with van der Waals surface area (Å²) in [5.74, 6) is 0.297. The van der Waals surface area contributed by atoms with E-state index in [1.54, 1.807) is 48.5 Å². The number of aryl methyl sites for hydroxylation is 1. The van der Waals surface area contributed by atoms with Crippen LogP contribution in [0.3, 0.4) is 0 Å². The van der Waals surface area contributed by atoms with Gasteiger partial charge in [-0.3, -0.25) is 9.59 Å². The van der Waals surface area contributed by atoms with Crippen molar-refractivity contribution >= 4 is 17.6 Å². The van der Waals surface area contributed by atoms with Crippen molar-refractivity contribution in [3.05, 3.63) is 82.8 Å². The van der Waals surface area contributed by atoms with Crippen LogP contribution in [0.4, 0.5) is 10.2 Å². The Morgan fingerprint density at radius 2 is 1.85 bits per heavy atom. The van der Waals surface area contributed by atoms with Gasteiger partial charge >= 0.3 is 0 Å². The minimum absolute atomic E-state index is 0.107. The van der Waals surface area contributed by atoms with Crippen LogP contribution >= 0.6 is 0 Å². The van der Waals surface area contributed by atoms with E-state index < -0.39 is 0 Å². The van der Waals surface area contributed by atoms with Crippen LogP contribution in [0, 0.1) is 12.7 Å². The van der Waals surface area contributed by atoms with Gasteiger partial charge in [0.2, 0.25) is 0 Å². The monoisotopic (exact) mass is 448 g/mol. The molecule has 4 rings (SSSR count). The van der Waals surface area contributed by atoms with Crippen LogP contribution in [0.2, 0.25) is 0 Å². The Labute approximate surface area is 191 Å². The van der Waals surface area contributed by atoms with Gasteiger partial charge in [-0.1, -0.05) is 12.1 Å².